The summed E-state index contributed by atoms with van der Waals surface area (Å²) in [6.45, 7) is 20.5. The lowest BCUT2D eigenvalue weighted by molar-refractivity contribution is -0.674. The minimum absolute atomic E-state index is 0.0154. The van der Waals surface area contributed by atoms with Gasteiger partial charge in [-0.25, -0.2) is 4.79 Å². The molecule has 1 aliphatic rings. The molecule has 1 saturated heterocycles. The molecule has 0 bridgehead atoms. The molecule has 1 aliphatic heterocycles. The predicted molar refractivity (Wildman–Crippen MR) is 198 cm³/mol. The van der Waals surface area contributed by atoms with Crippen molar-refractivity contribution in [3.8, 4) is 12.3 Å². The summed E-state index contributed by atoms with van der Waals surface area (Å²) >= 11 is 0.455. The summed E-state index contributed by atoms with van der Waals surface area (Å²) in [6.07, 6.45) is 7.63. The van der Waals surface area contributed by atoms with Crippen molar-refractivity contribution >= 4 is 41.2 Å². The minimum Gasteiger partial charge on any atom is -0.346 e. The second kappa shape index (κ2) is 19.5. The highest BCUT2D eigenvalue weighted by atomic mass is 32.1. The SMILES string of the molecule is C#CCCC(NC(=O)[C@@H]1C(C(C)C)CCN1C(=O)[C@@H](NC(=O)N[C@H](C[NH2+]Cc1ccccc1[S+]=O)C(C)(C)C)C(C)(C)C)C(=O)C(=O)NCC=C. The zero-order valence-electron chi connectivity index (χ0n) is 31.5. The van der Waals surface area contributed by atoms with Gasteiger partial charge >= 0.3 is 17.7 Å². The van der Waals surface area contributed by atoms with Crippen LogP contribution in [0.15, 0.2) is 41.8 Å². The number of carbonyl (C=O) groups is 5. The van der Waals surface area contributed by atoms with Gasteiger partial charge in [-0.05, 0) is 41.6 Å². The monoisotopic (exact) mass is 726 g/mol. The maximum Gasteiger partial charge on any atom is 0.505 e. The Morgan fingerprint density at radius 2 is 1.73 bits per heavy atom. The van der Waals surface area contributed by atoms with Crippen LogP contribution in [0.5, 0.6) is 0 Å². The number of hydrogen-bond acceptors (Lipinski definition) is 6. The minimum atomic E-state index is -1.18. The molecule has 5 atom stereocenters. The lowest BCUT2D eigenvalue weighted by Gasteiger charge is -2.37. The lowest BCUT2D eigenvalue weighted by Crippen LogP contribution is -2.87. The number of nitrogens with zero attached hydrogens (tertiary/aromatic N) is 1. The Labute approximate surface area is 307 Å². The van der Waals surface area contributed by atoms with Crippen LogP contribution in [-0.2, 0) is 41.6 Å². The summed E-state index contributed by atoms with van der Waals surface area (Å²) in [6, 6.07) is 3.50. The van der Waals surface area contributed by atoms with E-state index in [2.05, 4.69) is 33.8 Å². The van der Waals surface area contributed by atoms with Gasteiger partial charge < -0.3 is 31.5 Å². The van der Waals surface area contributed by atoms with Crippen LogP contribution in [0.3, 0.4) is 0 Å². The van der Waals surface area contributed by atoms with E-state index in [9.17, 15) is 28.2 Å². The topological polar surface area (TPSA) is 170 Å². The van der Waals surface area contributed by atoms with Gasteiger partial charge in [-0.2, -0.15) is 0 Å². The number of rotatable bonds is 17. The number of hydrogen-bond donors (Lipinski definition) is 5. The molecule has 13 heteroatoms. The third kappa shape index (κ3) is 12.5. The second-order valence-electron chi connectivity index (χ2n) is 15.6. The Bertz CT molecular complexity index is 1460. The fourth-order valence-electron chi connectivity index (χ4n) is 6.19. The van der Waals surface area contributed by atoms with Gasteiger partial charge in [-0.15, -0.1) is 18.9 Å². The van der Waals surface area contributed by atoms with Crippen LogP contribution in [0.4, 0.5) is 4.79 Å². The van der Waals surface area contributed by atoms with E-state index in [0.717, 1.165) is 5.56 Å². The molecule has 1 aromatic carbocycles. The van der Waals surface area contributed by atoms with Crippen molar-refractivity contribution in [1.29, 1.82) is 0 Å². The van der Waals surface area contributed by atoms with Gasteiger partial charge in [0.2, 0.25) is 17.6 Å². The van der Waals surface area contributed by atoms with Crippen molar-refractivity contribution in [2.45, 2.75) is 110 Å². The van der Waals surface area contributed by atoms with Crippen LogP contribution in [-0.4, -0.2) is 78.2 Å². The number of quaternary nitrogens is 1. The number of nitrogens with one attached hydrogen (secondary N) is 4. The quantitative estimate of drug-likeness (QED) is 0.0715. The normalized spacial score (nSPS) is 17.8. The fourth-order valence-corrected chi connectivity index (χ4v) is 6.59. The fraction of sp³-hybridized carbons (Fsp3) is 0.605. The molecule has 0 radical (unpaired) electrons. The van der Waals surface area contributed by atoms with E-state index >= 15 is 0 Å². The van der Waals surface area contributed by atoms with Crippen molar-refractivity contribution in [2.24, 2.45) is 22.7 Å². The number of urea groups is 1. The van der Waals surface area contributed by atoms with Crippen LogP contribution in [0.25, 0.3) is 0 Å². The first-order chi connectivity index (χ1) is 23.9. The molecule has 1 heterocycles. The Kier molecular flexibility index (Phi) is 16.4. The van der Waals surface area contributed by atoms with Gasteiger partial charge in [0, 0.05) is 29.8 Å². The van der Waals surface area contributed by atoms with Crippen LogP contribution in [0.1, 0.15) is 80.2 Å². The molecule has 2 rings (SSSR count). The van der Waals surface area contributed by atoms with Crippen molar-refractivity contribution in [1.82, 2.24) is 26.2 Å². The van der Waals surface area contributed by atoms with Gasteiger partial charge in [0.1, 0.15) is 18.6 Å². The largest absolute Gasteiger partial charge is 0.505 e. The summed E-state index contributed by atoms with van der Waals surface area (Å²) in [7, 11) is 0. The zero-order chi connectivity index (χ0) is 38.5. The molecule has 6 N–H and O–H groups in total. The summed E-state index contributed by atoms with van der Waals surface area (Å²) in [5.41, 5.74) is -0.150. The van der Waals surface area contributed by atoms with Crippen LogP contribution < -0.4 is 26.6 Å². The third-order valence-corrected chi connectivity index (χ3v) is 9.84. The van der Waals surface area contributed by atoms with E-state index < -0.39 is 53.1 Å². The number of terminal acetylenes is 1. The molecular formula is C38H58N6O6S+2. The number of benzene rings is 1. The summed E-state index contributed by atoms with van der Waals surface area (Å²) < 4.78 is 11.5. The van der Waals surface area contributed by atoms with E-state index in [1.165, 1.54) is 11.0 Å². The third-order valence-electron chi connectivity index (χ3n) is 9.26. The number of carbonyl (C=O) groups excluding carboxylic acids is 5. The molecule has 51 heavy (non-hydrogen) atoms. The first-order valence-electron chi connectivity index (χ1n) is 17.6. The first-order valence-corrected chi connectivity index (χ1v) is 18.3. The molecule has 280 valence electrons. The molecule has 0 spiro atoms. The standard InChI is InChI=1S/C38H56N6O6S/c1-11-13-17-27(31(45)34(47)40-20-12-2)41-33(46)30-26(24(3)4)19-21-44(30)35(48)32(38(8,9)10)43-36(49)42-29(37(5,6)7)23-39-22-25-16-14-15-18-28(25)51-50/h1,12,14-16,18,24,26-27,29-30,32,39H,2,13,17,19-23H2,3-10H3,(H3-,40,41,42,43,46,47,49)/p+2/t26?,27?,29-,30+,32-/m1/s1. The van der Waals surface area contributed by atoms with Crippen molar-refractivity contribution in [2.75, 3.05) is 19.6 Å². The van der Waals surface area contributed by atoms with Crippen molar-refractivity contribution in [3.05, 3.63) is 42.5 Å². The highest BCUT2D eigenvalue weighted by molar-refractivity contribution is 7.65. The summed E-state index contributed by atoms with van der Waals surface area (Å²) in [4.78, 5) is 69.7. The molecule has 1 fully saturated rings. The van der Waals surface area contributed by atoms with Crippen LogP contribution in [0.2, 0.25) is 0 Å². The van der Waals surface area contributed by atoms with Gasteiger partial charge in [-0.3, -0.25) is 19.2 Å². The van der Waals surface area contributed by atoms with E-state index in [-0.39, 0.29) is 49.2 Å². The Morgan fingerprint density at radius 1 is 1.06 bits per heavy atom. The number of ketones is 1. The van der Waals surface area contributed by atoms with Crippen LogP contribution in [0, 0.1) is 35.0 Å². The van der Waals surface area contributed by atoms with Gasteiger partial charge in [0.05, 0.1) is 24.2 Å². The molecule has 2 unspecified atom stereocenters. The Hall–Kier alpha value is -4.15. The average molecular weight is 727 g/mol. The molecule has 5 amide bonds. The van der Waals surface area contributed by atoms with E-state index in [1.807, 2.05) is 78.9 Å². The van der Waals surface area contributed by atoms with Gasteiger partial charge in [0.15, 0.2) is 0 Å². The summed E-state index contributed by atoms with van der Waals surface area (Å²) in [5, 5.41) is 13.2. The number of likely N-dealkylation sites (tertiary alicyclic amines) is 1. The Morgan fingerprint density at radius 3 is 2.29 bits per heavy atom. The molecule has 1 aromatic rings. The van der Waals surface area contributed by atoms with E-state index in [4.69, 9.17) is 6.42 Å². The predicted octanol–water partition coefficient (Wildman–Crippen LogP) is 2.31. The average Bonchev–Trinajstić information content (AvgIpc) is 3.52. The maximum absolute atomic E-state index is 14.4. The lowest BCUT2D eigenvalue weighted by atomic mass is 9.84. The molecule has 0 aliphatic carbocycles. The van der Waals surface area contributed by atoms with E-state index in [1.54, 1.807) is 6.07 Å². The van der Waals surface area contributed by atoms with Crippen LogP contribution >= 0.6 is 0 Å². The number of Topliss-reactive ketones (excluding diaryl/α,β-unsaturated/α-hetero) is 1. The first kappa shape index (κ1) is 43.0. The van der Waals surface area contributed by atoms with Crippen molar-refractivity contribution in [3.63, 3.8) is 0 Å². The van der Waals surface area contributed by atoms with Gasteiger partial charge in [-0.1, -0.05) is 73.6 Å². The smallest absolute Gasteiger partial charge is 0.346 e. The highest BCUT2D eigenvalue weighted by Crippen LogP contribution is 2.33. The maximum atomic E-state index is 14.4. The second-order valence-corrected chi connectivity index (χ2v) is 16.2. The summed E-state index contributed by atoms with van der Waals surface area (Å²) in [5.74, 6) is -0.424. The number of amides is 5. The van der Waals surface area contributed by atoms with E-state index in [0.29, 0.717) is 36.1 Å². The zero-order valence-corrected chi connectivity index (χ0v) is 32.3. The van der Waals surface area contributed by atoms with Gasteiger partial charge in [0.25, 0.3) is 10.8 Å². The molecular weight excluding hydrogens is 669 g/mol. The Balaban J connectivity index is 2.29. The van der Waals surface area contributed by atoms with Crippen molar-refractivity contribution < 1.29 is 33.5 Å². The number of nitrogens with two attached hydrogens (primary N) is 1. The highest BCUT2D eigenvalue weighted by Gasteiger charge is 2.48. The molecule has 0 aromatic heterocycles. The molecule has 12 nitrogen and oxygen atoms in total. The molecule has 0 saturated carbocycles.